The average molecular weight is 438 g/mol. The molecule has 5 heteroatoms. The lowest BCUT2D eigenvalue weighted by Crippen LogP contribution is -2.29. The quantitative estimate of drug-likeness (QED) is 0.696. The molecular weight excluding hydrogens is 415 g/mol. The van der Waals surface area contributed by atoms with Gasteiger partial charge in [0.2, 0.25) is 0 Å². The molecule has 2 aromatic rings. The van der Waals surface area contributed by atoms with Gasteiger partial charge in [-0.25, -0.2) is 0 Å². The van der Waals surface area contributed by atoms with Crippen molar-refractivity contribution in [2.45, 2.75) is 39.3 Å². The molecule has 1 aromatic heterocycles. The third-order valence-electron chi connectivity index (χ3n) is 4.14. The molecule has 2 heterocycles. The molecule has 0 fully saturated rings. The van der Waals surface area contributed by atoms with Crippen molar-refractivity contribution in [3.8, 4) is 22.6 Å². The monoisotopic (exact) mass is 438 g/mol. The van der Waals surface area contributed by atoms with Crippen molar-refractivity contribution in [1.82, 2.24) is 4.98 Å². The summed E-state index contributed by atoms with van der Waals surface area (Å²) in [7, 11) is 0. The number of hydrogen-bond acceptors (Lipinski definition) is 4. The molecule has 1 aromatic carbocycles. The van der Waals surface area contributed by atoms with Crippen molar-refractivity contribution in [2.75, 3.05) is 6.61 Å². The molecule has 0 spiro atoms. The van der Waals surface area contributed by atoms with Crippen molar-refractivity contribution in [3.05, 3.63) is 39.7 Å². The largest absolute Gasteiger partial charge is 0.491 e. The molecule has 0 saturated heterocycles. The molecule has 2 N–H and O–H groups in total. The highest BCUT2D eigenvalue weighted by atomic mass is 127. The Labute approximate surface area is 156 Å². The van der Waals surface area contributed by atoms with E-state index in [2.05, 4.69) is 47.5 Å². The Bertz CT molecular complexity index is 733. The van der Waals surface area contributed by atoms with Gasteiger partial charge in [0, 0.05) is 35.6 Å². The first-order chi connectivity index (χ1) is 11.5. The van der Waals surface area contributed by atoms with Crippen molar-refractivity contribution >= 4 is 22.6 Å². The van der Waals surface area contributed by atoms with Crippen LogP contribution in [0.15, 0.2) is 30.6 Å². The lowest BCUT2D eigenvalue weighted by molar-refractivity contribution is 0.219. The van der Waals surface area contributed by atoms with E-state index in [1.165, 1.54) is 5.56 Å². The second-order valence-corrected chi connectivity index (χ2v) is 7.86. The highest BCUT2D eigenvalue weighted by molar-refractivity contribution is 14.1. The minimum atomic E-state index is -0.0164. The predicted molar refractivity (Wildman–Crippen MR) is 104 cm³/mol. The van der Waals surface area contributed by atoms with Gasteiger partial charge in [-0.05, 0) is 59.5 Å². The van der Waals surface area contributed by atoms with Gasteiger partial charge in [-0.15, -0.1) is 0 Å². The molecule has 0 bridgehead atoms. The lowest BCUT2D eigenvalue weighted by atomic mass is 9.95. The van der Waals surface area contributed by atoms with Crippen LogP contribution in [0, 0.1) is 9.49 Å². The van der Waals surface area contributed by atoms with Crippen LogP contribution in [-0.2, 0) is 0 Å². The summed E-state index contributed by atoms with van der Waals surface area (Å²) in [6.45, 7) is 6.90. The minimum Gasteiger partial charge on any atom is -0.491 e. The zero-order chi connectivity index (χ0) is 17.3. The van der Waals surface area contributed by atoms with Gasteiger partial charge < -0.3 is 15.2 Å². The molecule has 0 aliphatic carbocycles. The SMILES string of the molecule is CC(C)C[C@H](N)COc1cc2c(cc1I)-c1ccncc1[C@@H](C)O2. The zero-order valence-corrected chi connectivity index (χ0v) is 16.4. The maximum absolute atomic E-state index is 6.13. The minimum absolute atomic E-state index is 0.0164. The van der Waals surface area contributed by atoms with Crippen LogP contribution in [0.2, 0.25) is 0 Å². The van der Waals surface area contributed by atoms with Gasteiger partial charge >= 0.3 is 0 Å². The smallest absolute Gasteiger partial charge is 0.136 e. The summed E-state index contributed by atoms with van der Waals surface area (Å²) in [4.78, 5) is 4.21. The first-order valence-corrected chi connectivity index (χ1v) is 9.36. The van der Waals surface area contributed by atoms with Crippen LogP contribution in [-0.4, -0.2) is 17.6 Å². The van der Waals surface area contributed by atoms with Crippen LogP contribution in [0.25, 0.3) is 11.1 Å². The van der Waals surface area contributed by atoms with Crippen molar-refractivity contribution < 1.29 is 9.47 Å². The molecular formula is C19H23IN2O2. The van der Waals surface area contributed by atoms with E-state index in [0.29, 0.717) is 12.5 Å². The summed E-state index contributed by atoms with van der Waals surface area (Å²) in [5, 5.41) is 0. The maximum atomic E-state index is 6.13. The first kappa shape index (κ1) is 17.5. The number of halogens is 1. The number of pyridine rings is 1. The van der Waals surface area contributed by atoms with Gasteiger partial charge in [0.25, 0.3) is 0 Å². The van der Waals surface area contributed by atoms with E-state index in [4.69, 9.17) is 15.2 Å². The summed E-state index contributed by atoms with van der Waals surface area (Å²) in [6, 6.07) is 6.19. The normalized spacial score (nSPS) is 17.0. The summed E-state index contributed by atoms with van der Waals surface area (Å²) in [6.07, 6.45) is 4.64. The Hall–Kier alpha value is -1.34. The number of hydrogen-bond donors (Lipinski definition) is 1. The molecule has 24 heavy (non-hydrogen) atoms. The first-order valence-electron chi connectivity index (χ1n) is 8.28. The van der Waals surface area contributed by atoms with Crippen LogP contribution in [0.4, 0.5) is 0 Å². The second kappa shape index (κ2) is 7.27. The van der Waals surface area contributed by atoms with Gasteiger partial charge in [0.15, 0.2) is 0 Å². The van der Waals surface area contributed by atoms with E-state index in [1.54, 1.807) is 0 Å². The number of benzene rings is 1. The molecule has 0 unspecified atom stereocenters. The van der Waals surface area contributed by atoms with E-state index >= 15 is 0 Å². The fraction of sp³-hybridized carbons (Fsp3) is 0.421. The maximum Gasteiger partial charge on any atom is 0.136 e. The number of rotatable bonds is 5. The summed E-state index contributed by atoms with van der Waals surface area (Å²) in [5.74, 6) is 2.26. The Morgan fingerprint density at radius 1 is 1.33 bits per heavy atom. The van der Waals surface area contributed by atoms with Crippen LogP contribution in [0.1, 0.15) is 38.9 Å². The Balaban J connectivity index is 1.85. The van der Waals surface area contributed by atoms with E-state index in [9.17, 15) is 0 Å². The molecule has 1 aliphatic heterocycles. The Morgan fingerprint density at radius 3 is 2.88 bits per heavy atom. The van der Waals surface area contributed by atoms with Crippen LogP contribution < -0.4 is 15.2 Å². The molecule has 128 valence electrons. The molecule has 1 aliphatic rings. The molecule has 0 amide bonds. The van der Waals surface area contributed by atoms with Gasteiger partial charge in [-0.3, -0.25) is 4.98 Å². The van der Waals surface area contributed by atoms with E-state index in [1.807, 2.05) is 31.5 Å². The van der Waals surface area contributed by atoms with Gasteiger partial charge in [-0.2, -0.15) is 0 Å². The van der Waals surface area contributed by atoms with Crippen LogP contribution in [0.5, 0.6) is 11.5 Å². The zero-order valence-electron chi connectivity index (χ0n) is 14.3. The van der Waals surface area contributed by atoms with Crippen LogP contribution >= 0.6 is 22.6 Å². The van der Waals surface area contributed by atoms with E-state index in [0.717, 1.165) is 32.6 Å². The predicted octanol–water partition coefficient (Wildman–Crippen LogP) is 4.56. The molecule has 3 rings (SSSR count). The number of nitrogens with zero attached hydrogens (tertiary/aromatic N) is 1. The molecule has 4 nitrogen and oxygen atoms in total. The van der Waals surface area contributed by atoms with E-state index in [-0.39, 0.29) is 12.1 Å². The standard InChI is InChI=1S/C19H23IN2O2/c1-11(2)6-13(21)10-23-19-8-18-15(7-17(19)20)14-4-5-22-9-16(14)12(3)24-18/h4-5,7-9,11-13H,6,10,21H2,1-3H3/t12-,13+/m1/s1. The lowest BCUT2D eigenvalue weighted by Gasteiger charge is -2.27. The Morgan fingerprint density at radius 2 is 2.12 bits per heavy atom. The van der Waals surface area contributed by atoms with E-state index < -0.39 is 0 Å². The number of nitrogens with two attached hydrogens (primary N) is 1. The van der Waals surface area contributed by atoms with Crippen molar-refractivity contribution in [1.29, 1.82) is 0 Å². The molecule has 0 radical (unpaired) electrons. The Kier molecular flexibility index (Phi) is 5.30. The third-order valence-corrected chi connectivity index (χ3v) is 4.99. The summed E-state index contributed by atoms with van der Waals surface area (Å²) < 4.78 is 13.1. The van der Waals surface area contributed by atoms with Gasteiger partial charge in [0.05, 0.1) is 3.57 Å². The number of fused-ring (bicyclic) bond motifs is 3. The number of ether oxygens (including phenoxy) is 2. The molecule has 2 atom stereocenters. The number of aromatic nitrogens is 1. The van der Waals surface area contributed by atoms with Crippen molar-refractivity contribution in [2.24, 2.45) is 11.7 Å². The summed E-state index contributed by atoms with van der Waals surface area (Å²) >= 11 is 2.31. The highest BCUT2D eigenvalue weighted by Gasteiger charge is 2.24. The second-order valence-electron chi connectivity index (χ2n) is 6.70. The summed E-state index contributed by atoms with van der Waals surface area (Å²) in [5.41, 5.74) is 9.52. The fourth-order valence-electron chi connectivity index (χ4n) is 3.05. The van der Waals surface area contributed by atoms with Gasteiger partial charge in [0.1, 0.15) is 24.2 Å². The topological polar surface area (TPSA) is 57.4 Å². The third kappa shape index (κ3) is 3.67. The van der Waals surface area contributed by atoms with Crippen molar-refractivity contribution in [3.63, 3.8) is 0 Å². The fourth-order valence-corrected chi connectivity index (χ4v) is 3.68. The van der Waals surface area contributed by atoms with Crippen LogP contribution in [0.3, 0.4) is 0 Å². The average Bonchev–Trinajstić information content (AvgIpc) is 2.53. The molecule has 0 saturated carbocycles. The van der Waals surface area contributed by atoms with Gasteiger partial charge in [-0.1, -0.05) is 13.8 Å². The highest BCUT2D eigenvalue weighted by Crippen LogP contribution is 2.44.